The average Bonchev–Trinajstić information content (AvgIpc) is 3.11. The summed E-state index contributed by atoms with van der Waals surface area (Å²) in [5.74, 6) is 1.59. The van der Waals surface area contributed by atoms with Gasteiger partial charge in [-0.05, 0) is 67.2 Å². The van der Waals surface area contributed by atoms with Crippen LogP contribution >= 0.6 is 0 Å². The van der Waals surface area contributed by atoms with Crippen LogP contribution < -0.4 is 0 Å². The van der Waals surface area contributed by atoms with Crippen molar-refractivity contribution in [3.8, 4) is 11.8 Å². The van der Waals surface area contributed by atoms with Gasteiger partial charge in [-0.2, -0.15) is 5.26 Å². The van der Waals surface area contributed by atoms with Crippen molar-refractivity contribution in [2.24, 2.45) is 5.92 Å². The van der Waals surface area contributed by atoms with Gasteiger partial charge >= 0.3 is 0 Å². The van der Waals surface area contributed by atoms with E-state index in [1.54, 1.807) is 6.07 Å². The van der Waals surface area contributed by atoms with Gasteiger partial charge in [-0.15, -0.1) is 0 Å². The third-order valence-corrected chi connectivity index (χ3v) is 6.86. The van der Waals surface area contributed by atoms with Gasteiger partial charge in [0, 0.05) is 31.1 Å². The molecule has 4 fully saturated rings. The minimum atomic E-state index is 0.366. The largest absolute Gasteiger partial charge is 0.508 e. The summed E-state index contributed by atoms with van der Waals surface area (Å²) in [5.41, 5.74) is 3.26. The highest BCUT2D eigenvalue weighted by atomic mass is 16.3. The molecule has 0 amide bonds. The lowest BCUT2D eigenvalue weighted by atomic mass is 9.75. The zero-order chi connectivity index (χ0) is 18.4. The Labute approximate surface area is 160 Å². The summed E-state index contributed by atoms with van der Waals surface area (Å²) >= 11 is 0. The van der Waals surface area contributed by atoms with Gasteiger partial charge in [0.15, 0.2) is 0 Å². The molecule has 4 aliphatic rings. The van der Waals surface area contributed by atoms with Crippen molar-refractivity contribution < 1.29 is 5.11 Å². The fourth-order valence-corrected chi connectivity index (χ4v) is 5.69. The van der Waals surface area contributed by atoms with Gasteiger partial charge in [0.25, 0.3) is 0 Å². The van der Waals surface area contributed by atoms with Crippen LogP contribution in [0.3, 0.4) is 0 Å². The lowest BCUT2D eigenvalue weighted by Crippen LogP contribution is -2.59. The predicted octanol–water partition coefficient (Wildman–Crippen LogP) is 3.33. The van der Waals surface area contributed by atoms with Crippen molar-refractivity contribution in [1.82, 2.24) is 9.80 Å². The second kappa shape index (κ2) is 6.67. The number of aromatic hydroxyl groups is 1. The Kier molecular flexibility index (Phi) is 4.15. The zero-order valence-electron chi connectivity index (χ0n) is 15.5. The van der Waals surface area contributed by atoms with Crippen LogP contribution in [0.4, 0.5) is 0 Å². The molecule has 4 heteroatoms. The average molecular weight is 359 g/mol. The fraction of sp³-hybridized carbons (Fsp3) is 0.435. The number of benzene rings is 2. The number of phenols is 1. The van der Waals surface area contributed by atoms with Gasteiger partial charge in [0.1, 0.15) is 5.75 Å². The van der Waals surface area contributed by atoms with E-state index >= 15 is 0 Å². The molecule has 0 spiro atoms. The first kappa shape index (κ1) is 16.8. The molecular weight excluding hydrogens is 334 g/mol. The molecule has 2 aromatic rings. The van der Waals surface area contributed by atoms with E-state index < -0.39 is 0 Å². The van der Waals surface area contributed by atoms with Crippen molar-refractivity contribution in [3.63, 3.8) is 0 Å². The Bertz CT molecular complexity index is 864. The molecule has 138 valence electrons. The number of hydrogen-bond donors (Lipinski definition) is 1. The SMILES string of the molecule is N#Cc1ccc(CN2C[C@H](c3cccc(O)c3)[C@H]3[C@@H]2C2CCN3CC2)cc1. The second-order valence-electron chi connectivity index (χ2n) is 8.29. The zero-order valence-corrected chi connectivity index (χ0v) is 15.5. The van der Waals surface area contributed by atoms with E-state index in [4.69, 9.17) is 5.26 Å². The summed E-state index contributed by atoms with van der Waals surface area (Å²) in [6.45, 7) is 4.40. The molecule has 4 aliphatic heterocycles. The van der Waals surface area contributed by atoms with Crippen molar-refractivity contribution >= 4 is 0 Å². The first-order chi connectivity index (χ1) is 13.2. The Balaban J connectivity index is 1.46. The summed E-state index contributed by atoms with van der Waals surface area (Å²) in [5, 5.41) is 19.0. The highest BCUT2D eigenvalue weighted by Gasteiger charge is 2.53. The first-order valence-corrected chi connectivity index (χ1v) is 9.99. The van der Waals surface area contributed by atoms with Crippen LogP contribution in [0.2, 0.25) is 0 Å². The number of piperidine rings is 3. The highest BCUT2D eigenvalue weighted by molar-refractivity contribution is 5.34. The van der Waals surface area contributed by atoms with Crippen LogP contribution in [-0.2, 0) is 6.54 Å². The normalized spacial score (nSPS) is 32.2. The molecule has 27 heavy (non-hydrogen) atoms. The lowest BCUT2D eigenvalue weighted by Gasteiger charge is -2.51. The van der Waals surface area contributed by atoms with Crippen LogP contribution in [0.1, 0.15) is 35.4 Å². The van der Waals surface area contributed by atoms with Crippen molar-refractivity contribution in [1.29, 1.82) is 5.26 Å². The highest BCUT2D eigenvalue weighted by Crippen LogP contribution is 2.47. The topological polar surface area (TPSA) is 50.5 Å². The number of hydrogen-bond acceptors (Lipinski definition) is 4. The summed E-state index contributed by atoms with van der Waals surface area (Å²) in [7, 11) is 0. The lowest BCUT2D eigenvalue weighted by molar-refractivity contribution is -0.00869. The van der Waals surface area contributed by atoms with Gasteiger partial charge in [0.05, 0.1) is 11.6 Å². The summed E-state index contributed by atoms with van der Waals surface area (Å²) in [4.78, 5) is 5.36. The number of likely N-dealkylation sites (tertiary alicyclic amines) is 1. The van der Waals surface area contributed by atoms with Gasteiger partial charge in [-0.25, -0.2) is 0 Å². The van der Waals surface area contributed by atoms with Crippen molar-refractivity contribution in [2.45, 2.75) is 37.4 Å². The Morgan fingerprint density at radius 3 is 2.52 bits per heavy atom. The van der Waals surface area contributed by atoms with Crippen LogP contribution in [-0.4, -0.2) is 46.6 Å². The van der Waals surface area contributed by atoms with E-state index in [9.17, 15) is 5.11 Å². The maximum Gasteiger partial charge on any atom is 0.115 e. The van der Waals surface area contributed by atoms with Crippen molar-refractivity contribution in [3.05, 3.63) is 65.2 Å². The van der Waals surface area contributed by atoms with E-state index in [0.717, 1.165) is 24.6 Å². The van der Waals surface area contributed by atoms with Crippen LogP contribution in [0.25, 0.3) is 0 Å². The van der Waals surface area contributed by atoms with E-state index in [0.29, 0.717) is 23.8 Å². The molecule has 3 atom stereocenters. The van der Waals surface area contributed by atoms with Gasteiger partial charge < -0.3 is 5.11 Å². The molecular formula is C23H25N3O. The molecule has 2 aromatic carbocycles. The Morgan fingerprint density at radius 1 is 1.04 bits per heavy atom. The van der Waals surface area contributed by atoms with E-state index in [-0.39, 0.29) is 0 Å². The fourth-order valence-electron chi connectivity index (χ4n) is 5.69. The summed E-state index contributed by atoms with van der Waals surface area (Å²) in [6, 6.07) is 19.2. The Morgan fingerprint density at radius 2 is 1.81 bits per heavy atom. The van der Waals surface area contributed by atoms with E-state index in [1.165, 1.54) is 37.1 Å². The molecule has 0 radical (unpaired) electrons. The van der Waals surface area contributed by atoms with Crippen molar-refractivity contribution in [2.75, 3.05) is 19.6 Å². The number of nitriles is 1. The predicted molar refractivity (Wildman–Crippen MR) is 104 cm³/mol. The van der Waals surface area contributed by atoms with Crippen LogP contribution in [0.15, 0.2) is 48.5 Å². The molecule has 4 saturated heterocycles. The number of rotatable bonds is 3. The number of phenolic OH excluding ortho intramolecular Hbond substituents is 1. The molecule has 4 heterocycles. The molecule has 1 N–H and O–H groups in total. The smallest absolute Gasteiger partial charge is 0.115 e. The summed E-state index contributed by atoms with van der Waals surface area (Å²) < 4.78 is 0. The molecule has 0 saturated carbocycles. The molecule has 4 nitrogen and oxygen atoms in total. The van der Waals surface area contributed by atoms with E-state index in [2.05, 4.69) is 34.1 Å². The summed E-state index contributed by atoms with van der Waals surface area (Å²) in [6.07, 6.45) is 2.61. The second-order valence-corrected chi connectivity index (χ2v) is 8.29. The third kappa shape index (κ3) is 2.92. The van der Waals surface area contributed by atoms with Gasteiger partial charge in [0.2, 0.25) is 0 Å². The molecule has 0 aromatic heterocycles. The van der Waals surface area contributed by atoms with Crippen LogP contribution in [0, 0.1) is 17.2 Å². The standard InChI is InChI=1S/C23H25N3O/c24-13-16-4-6-17(7-5-16)14-26-15-21(19-2-1-3-20(27)12-19)23-22(26)18-8-10-25(23)11-9-18/h1-7,12,18,21-23,27H,8-11,14-15H2/t21-,22+,23+/m1/s1. The maximum absolute atomic E-state index is 10.00. The quantitative estimate of drug-likeness (QED) is 0.913. The van der Waals surface area contributed by atoms with Crippen LogP contribution in [0.5, 0.6) is 5.75 Å². The number of nitrogens with zero attached hydrogens (tertiary/aromatic N) is 3. The number of fused-ring (bicyclic) bond motifs is 2. The first-order valence-electron chi connectivity index (χ1n) is 9.99. The van der Waals surface area contributed by atoms with Gasteiger partial charge in [-0.1, -0.05) is 24.3 Å². The Hall–Kier alpha value is -2.35. The molecule has 6 rings (SSSR count). The minimum absolute atomic E-state index is 0.366. The molecule has 0 aliphatic carbocycles. The van der Waals surface area contributed by atoms with E-state index in [1.807, 2.05) is 24.3 Å². The van der Waals surface area contributed by atoms with Gasteiger partial charge in [-0.3, -0.25) is 9.80 Å². The minimum Gasteiger partial charge on any atom is -0.508 e. The molecule has 2 bridgehead atoms. The maximum atomic E-state index is 10.00. The third-order valence-electron chi connectivity index (χ3n) is 6.86. The monoisotopic (exact) mass is 359 g/mol. The molecule has 0 unspecified atom stereocenters.